The number of esters is 3. The van der Waals surface area contributed by atoms with E-state index in [4.69, 9.17) is 14.2 Å². The molecule has 0 saturated heterocycles. The molecule has 0 radical (unpaired) electrons. The van der Waals surface area contributed by atoms with Crippen LogP contribution in [0.4, 0.5) is 0 Å². The van der Waals surface area contributed by atoms with Gasteiger partial charge in [0.25, 0.3) is 0 Å². The second-order valence-corrected chi connectivity index (χ2v) is 4.94. The van der Waals surface area contributed by atoms with Crippen molar-refractivity contribution >= 4 is 29.2 Å². The molecule has 0 unspecified atom stereocenters. The van der Waals surface area contributed by atoms with E-state index >= 15 is 0 Å². The number of carbonyl (C=O) groups is 4. The SMILES string of the molecule is CCOC(=O)CC(=O)c1c(C(=O)OC)c(C(=O)OC)c2ccccn12. The average Bonchev–Trinajstić information content (AvgIpc) is 2.95. The molecule has 2 aromatic rings. The summed E-state index contributed by atoms with van der Waals surface area (Å²) in [5.74, 6) is -3.07. The molecule has 8 nitrogen and oxygen atoms in total. The molecule has 0 N–H and O–H groups in total. The number of ether oxygens (including phenoxy) is 3. The first-order chi connectivity index (χ1) is 12.0. The van der Waals surface area contributed by atoms with Gasteiger partial charge in [-0.2, -0.15) is 0 Å². The fourth-order valence-electron chi connectivity index (χ4n) is 2.52. The molecule has 8 heteroatoms. The van der Waals surface area contributed by atoms with E-state index in [2.05, 4.69) is 0 Å². The lowest BCUT2D eigenvalue weighted by atomic mass is 10.1. The van der Waals surface area contributed by atoms with E-state index in [1.54, 1.807) is 25.1 Å². The third-order valence-corrected chi connectivity index (χ3v) is 3.50. The van der Waals surface area contributed by atoms with Crippen molar-refractivity contribution in [1.29, 1.82) is 0 Å². The number of ketones is 1. The molecule has 0 aromatic carbocycles. The van der Waals surface area contributed by atoms with Crippen molar-refractivity contribution in [2.75, 3.05) is 20.8 Å². The van der Waals surface area contributed by atoms with Gasteiger partial charge in [-0.3, -0.25) is 9.59 Å². The highest BCUT2D eigenvalue weighted by Crippen LogP contribution is 2.27. The van der Waals surface area contributed by atoms with Crippen LogP contribution < -0.4 is 0 Å². The summed E-state index contributed by atoms with van der Waals surface area (Å²) in [5, 5.41) is 0. The first kappa shape index (κ1) is 18.2. The Bertz CT molecular complexity index is 850. The van der Waals surface area contributed by atoms with Crippen molar-refractivity contribution in [3.05, 3.63) is 41.2 Å². The predicted molar refractivity (Wildman–Crippen MR) is 85.7 cm³/mol. The zero-order valence-corrected chi connectivity index (χ0v) is 14.0. The van der Waals surface area contributed by atoms with E-state index < -0.39 is 30.1 Å². The number of nitrogens with zero attached hydrogens (tertiary/aromatic N) is 1. The molecule has 2 aromatic heterocycles. The third-order valence-electron chi connectivity index (χ3n) is 3.50. The van der Waals surface area contributed by atoms with Crippen molar-refractivity contribution in [2.45, 2.75) is 13.3 Å². The largest absolute Gasteiger partial charge is 0.466 e. The van der Waals surface area contributed by atoms with Gasteiger partial charge in [-0.1, -0.05) is 6.07 Å². The summed E-state index contributed by atoms with van der Waals surface area (Å²) in [4.78, 5) is 48.7. The summed E-state index contributed by atoms with van der Waals surface area (Å²) >= 11 is 0. The maximum Gasteiger partial charge on any atom is 0.341 e. The fraction of sp³-hybridized carbons (Fsp3) is 0.294. The van der Waals surface area contributed by atoms with Gasteiger partial charge in [-0.25, -0.2) is 9.59 Å². The summed E-state index contributed by atoms with van der Waals surface area (Å²) in [6.07, 6.45) is 0.937. The number of aromatic nitrogens is 1. The standard InChI is InChI=1S/C17H17NO7/c1-4-25-12(20)9-11(19)15-14(17(22)24-3)13(16(21)23-2)10-7-5-6-8-18(10)15/h5-8H,4,9H2,1-3H3. The number of hydrogen-bond acceptors (Lipinski definition) is 7. The molecule has 0 spiro atoms. The zero-order valence-electron chi connectivity index (χ0n) is 14.0. The van der Waals surface area contributed by atoms with Gasteiger partial charge in [0.05, 0.1) is 26.3 Å². The lowest BCUT2D eigenvalue weighted by Gasteiger charge is -2.05. The minimum Gasteiger partial charge on any atom is -0.466 e. The molecule has 2 rings (SSSR count). The van der Waals surface area contributed by atoms with Crippen molar-refractivity contribution in [3.63, 3.8) is 0 Å². The quantitative estimate of drug-likeness (QED) is 0.339. The van der Waals surface area contributed by atoms with Crippen LogP contribution >= 0.6 is 0 Å². The normalized spacial score (nSPS) is 10.4. The van der Waals surface area contributed by atoms with Crippen LogP contribution in [0, 0.1) is 0 Å². The molecule has 25 heavy (non-hydrogen) atoms. The van der Waals surface area contributed by atoms with E-state index in [0.29, 0.717) is 5.52 Å². The summed E-state index contributed by atoms with van der Waals surface area (Å²) in [6, 6.07) is 4.82. The summed E-state index contributed by atoms with van der Waals surface area (Å²) in [6.45, 7) is 1.74. The molecular weight excluding hydrogens is 330 g/mol. The van der Waals surface area contributed by atoms with Gasteiger partial charge in [0.2, 0.25) is 0 Å². The molecule has 0 fully saturated rings. The minimum absolute atomic E-state index is 0.0952. The number of fused-ring (bicyclic) bond motifs is 1. The molecular formula is C17H17NO7. The first-order valence-electron chi connectivity index (χ1n) is 7.44. The zero-order chi connectivity index (χ0) is 18.6. The Morgan fingerprint density at radius 1 is 1.00 bits per heavy atom. The van der Waals surface area contributed by atoms with E-state index in [1.807, 2.05) is 0 Å². The van der Waals surface area contributed by atoms with Crippen LogP contribution in [0.2, 0.25) is 0 Å². The van der Waals surface area contributed by atoms with E-state index in [-0.39, 0.29) is 23.4 Å². The number of hydrogen-bond donors (Lipinski definition) is 0. The van der Waals surface area contributed by atoms with Crippen molar-refractivity contribution < 1.29 is 33.4 Å². The Kier molecular flexibility index (Phi) is 5.53. The Morgan fingerprint density at radius 2 is 1.64 bits per heavy atom. The van der Waals surface area contributed by atoms with Gasteiger partial charge in [0.1, 0.15) is 23.2 Å². The molecule has 0 bridgehead atoms. The van der Waals surface area contributed by atoms with Crippen molar-refractivity contribution in [3.8, 4) is 0 Å². The lowest BCUT2D eigenvalue weighted by molar-refractivity contribution is -0.141. The third kappa shape index (κ3) is 3.37. The van der Waals surface area contributed by atoms with Crippen LogP contribution in [0.3, 0.4) is 0 Å². The number of methoxy groups -OCH3 is 2. The van der Waals surface area contributed by atoms with Gasteiger partial charge >= 0.3 is 17.9 Å². The number of pyridine rings is 1. The fourth-order valence-corrected chi connectivity index (χ4v) is 2.52. The predicted octanol–water partition coefficient (Wildman–Crippen LogP) is 1.65. The number of rotatable bonds is 6. The van der Waals surface area contributed by atoms with Gasteiger partial charge in [0.15, 0.2) is 5.78 Å². The highest BCUT2D eigenvalue weighted by atomic mass is 16.5. The summed E-state index contributed by atoms with van der Waals surface area (Å²) in [7, 11) is 2.29. The minimum atomic E-state index is -0.878. The summed E-state index contributed by atoms with van der Waals surface area (Å²) in [5.41, 5.74) is -0.171. The molecule has 0 aliphatic rings. The maximum atomic E-state index is 12.6. The smallest absolute Gasteiger partial charge is 0.341 e. The highest BCUT2D eigenvalue weighted by Gasteiger charge is 2.33. The van der Waals surface area contributed by atoms with Crippen LogP contribution in [0.25, 0.3) is 5.52 Å². The molecule has 0 amide bonds. The number of Topliss-reactive ketones (excluding diaryl/α,β-unsaturated/α-hetero) is 1. The van der Waals surface area contributed by atoms with Gasteiger partial charge in [-0.05, 0) is 19.1 Å². The molecule has 2 heterocycles. The van der Waals surface area contributed by atoms with E-state index in [0.717, 1.165) is 14.2 Å². The Labute approximate surface area is 143 Å². The molecule has 0 aliphatic heterocycles. The number of carbonyl (C=O) groups excluding carboxylic acids is 4. The van der Waals surface area contributed by atoms with Crippen LogP contribution in [-0.4, -0.2) is 48.9 Å². The van der Waals surface area contributed by atoms with Gasteiger partial charge in [0, 0.05) is 6.20 Å². The lowest BCUT2D eigenvalue weighted by Crippen LogP contribution is -2.17. The Balaban J connectivity index is 2.73. The second-order valence-electron chi connectivity index (χ2n) is 4.94. The molecule has 132 valence electrons. The monoisotopic (exact) mass is 347 g/mol. The molecule has 0 atom stereocenters. The second kappa shape index (κ2) is 7.61. The van der Waals surface area contributed by atoms with E-state index in [9.17, 15) is 19.2 Å². The highest BCUT2D eigenvalue weighted by molar-refractivity contribution is 6.18. The van der Waals surface area contributed by atoms with Crippen LogP contribution in [-0.2, 0) is 19.0 Å². The van der Waals surface area contributed by atoms with Crippen LogP contribution in [0.1, 0.15) is 44.5 Å². The van der Waals surface area contributed by atoms with Gasteiger partial charge < -0.3 is 18.6 Å². The van der Waals surface area contributed by atoms with Crippen molar-refractivity contribution in [1.82, 2.24) is 4.40 Å². The topological polar surface area (TPSA) is 100 Å². The van der Waals surface area contributed by atoms with Crippen molar-refractivity contribution in [2.24, 2.45) is 0 Å². The first-order valence-corrected chi connectivity index (χ1v) is 7.44. The molecule has 0 aliphatic carbocycles. The van der Waals surface area contributed by atoms with E-state index in [1.165, 1.54) is 10.6 Å². The Morgan fingerprint density at radius 3 is 2.24 bits per heavy atom. The summed E-state index contributed by atoms with van der Waals surface area (Å²) < 4.78 is 15.6. The molecule has 0 saturated carbocycles. The Hall–Kier alpha value is -3.16. The average molecular weight is 347 g/mol. The maximum absolute atomic E-state index is 12.6. The van der Waals surface area contributed by atoms with Gasteiger partial charge in [-0.15, -0.1) is 0 Å². The van der Waals surface area contributed by atoms with Crippen LogP contribution in [0.15, 0.2) is 24.4 Å². The van der Waals surface area contributed by atoms with Crippen LogP contribution in [0.5, 0.6) is 0 Å².